The van der Waals surface area contributed by atoms with Crippen molar-refractivity contribution >= 4 is 23.4 Å². The van der Waals surface area contributed by atoms with E-state index in [-0.39, 0.29) is 17.5 Å². The summed E-state index contributed by atoms with van der Waals surface area (Å²) in [5, 5.41) is 3.50. The second kappa shape index (κ2) is 11.1. The molecule has 0 aromatic heterocycles. The number of rotatable bonds is 7. The third-order valence-corrected chi connectivity index (χ3v) is 6.10. The molecule has 1 aliphatic rings. The second-order valence-corrected chi connectivity index (χ2v) is 9.06. The van der Waals surface area contributed by atoms with E-state index in [1.807, 2.05) is 0 Å². The summed E-state index contributed by atoms with van der Waals surface area (Å²) in [6.07, 6.45) is -4.02. The Morgan fingerprint density at radius 1 is 1.14 bits per heavy atom. The number of carbonyl (C=O) groups is 2. The number of aryl methyl sites for hydroxylation is 1. The molecule has 1 aliphatic carbocycles. The summed E-state index contributed by atoms with van der Waals surface area (Å²) in [6.45, 7) is 2.23. The van der Waals surface area contributed by atoms with Gasteiger partial charge >= 0.3 is 12.4 Å². The third kappa shape index (κ3) is 7.59. The maximum Gasteiger partial charge on any atom is 0.405 e. The number of alkyl halides is 6. The van der Waals surface area contributed by atoms with Crippen molar-refractivity contribution in [3.63, 3.8) is 0 Å². The van der Waals surface area contributed by atoms with Gasteiger partial charge in [0.25, 0.3) is 0 Å². The van der Waals surface area contributed by atoms with Crippen molar-refractivity contribution < 1.29 is 40.3 Å². The first kappa shape index (κ1) is 29.4. The van der Waals surface area contributed by atoms with Gasteiger partial charge in [0.15, 0.2) is 0 Å². The molecule has 0 bridgehead atoms. The molecule has 0 radical (unpaired) electrons. The first-order valence-corrected chi connectivity index (χ1v) is 11.0. The Balaban J connectivity index is 2.13. The summed E-state index contributed by atoms with van der Waals surface area (Å²) < 4.78 is 91.5. The van der Waals surface area contributed by atoms with Crippen molar-refractivity contribution in [3.05, 3.63) is 69.5 Å². The molecule has 36 heavy (non-hydrogen) atoms. The average molecular weight is 541 g/mol. The molecule has 198 valence electrons. The van der Waals surface area contributed by atoms with Gasteiger partial charge in [-0.3, -0.25) is 9.59 Å². The van der Waals surface area contributed by atoms with Crippen LogP contribution in [-0.4, -0.2) is 37.3 Å². The van der Waals surface area contributed by atoms with Gasteiger partial charge in [0.1, 0.15) is 12.4 Å². The molecule has 1 aromatic rings. The molecule has 2 N–H and O–H groups in total. The van der Waals surface area contributed by atoms with Gasteiger partial charge in [-0.25, -0.2) is 4.39 Å². The predicted octanol–water partition coefficient (Wildman–Crippen LogP) is 6.07. The minimum atomic E-state index is -4.68. The van der Waals surface area contributed by atoms with E-state index >= 15 is 0 Å². The van der Waals surface area contributed by atoms with Crippen LogP contribution in [0, 0.1) is 18.2 Å². The van der Waals surface area contributed by atoms with Crippen LogP contribution >= 0.6 is 11.6 Å². The average Bonchev–Trinajstić information content (AvgIpc) is 2.75. The molecule has 0 heterocycles. The van der Waals surface area contributed by atoms with E-state index in [4.69, 9.17) is 11.6 Å². The zero-order valence-corrected chi connectivity index (χ0v) is 20.3. The minimum Gasteiger partial charge on any atom is -0.346 e. The molecular formula is C24H24ClF7N2O2. The Bertz CT molecular complexity index is 1080. The lowest BCUT2D eigenvalue weighted by molar-refractivity contribution is -0.139. The number of hydrogen-bond donors (Lipinski definition) is 2. The summed E-state index contributed by atoms with van der Waals surface area (Å²) in [5.41, 5.74) is -0.552. The number of amides is 2. The molecule has 2 unspecified atom stereocenters. The SMILES string of the molecule is CC1=CC(/C=C/C(c2cc(C)c(F)c(Cl)c2)C(F)(F)F)=CCC1(C)C(=O)NCC(=O)NCC(F)(F)F. The molecule has 0 spiro atoms. The molecule has 2 amide bonds. The number of hydrogen-bond acceptors (Lipinski definition) is 2. The molecule has 0 aliphatic heterocycles. The highest BCUT2D eigenvalue weighted by Gasteiger charge is 2.40. The first-order valence-electron chi connectivity index (χ1n) is 10.6. The molecule has 0 saturated carbocycles. The second-order valence-electron chi connectivity index (χ2n) is 8.65. The molecule has 0 fully saturated rings. The van der Waals surface area contributed by atoms with Crippen molar-refractivity contribution in [2.24, 2.45) is 5.41 Å². The molecule has 12 heteroatoms. The van der Waals surface area contributed by atoms with Crippen LogP contribution in [-0.2, 0) is 9.59 Å². The molecule has 2 rings (SSSR count). The van der Waals surface area contributed by atoms with Crippen LogP contribution in [0.5, 0.6) is 0 Å². The highest BCUT2D eigenvalue weighted by molar-refractivity contribution is 6.30. The lowest BCUT2D eigenvalue weighted by atomic mass is 9.74. The number of halogens is 8. The number of allylic oxidation sites excluding steroid dienone is 5. The molecular weight excluding hydrogens is 517 g/mol. The fourth-order valence-electron chi connectivity index (χ4n) is 3.51. The van der Waals surface area contributed by atoms with Crippen LogP contribution in [0.3, 0.4) is 0 Å². The van der Waals surface area contributed by atoms with E-state index in [1.165, 1.54) is 25.2 Å². The van der Waals surface area contributed by atoms with Crippen LogP contribution in [0.15, 0.2) is 47.6 Å². The van der Waals surface area contributed by atoms with Gasteiger partial charge in [0, 0.05) is 0 Å². The van der Waals surface area contributed by atoms with Crippen molar-refractivity contribution in [1.82, 2.24) is 10.6 Å². The fourth-order valence-corrected chi connectivity index (χ4v) is 3.78. The van der Waals surface area contributed by atoms with E-state index < -0.39 is 59.4 Å². The van der Waals surface area contributed by atoms with Gasteiger partial charge in [0.05, 0.1) is 22.9 Å². The van der Waals surface area contributed by atoms with Crippen molar-refractivity contribution in [3.8, 4) is 0 Å². The van der Waals surface area contributed by atoms with Crippen LogP contribution in [0.2, 0.25) is 5.02 Å². The maximum atomic E-state index is 13.8. The van der Waals surface area contributed by atoms with Gasteiger partial charge in [-0.2, -0.15) is 26.3 Å². The van der Waals surface area contributed by atoms with E-state index in [2.05, 4.69) is 5.32 Å². The molecule has 1 aromatic carbocycles. The van der Waals surface area contributed by atoms with Crippen molar-refractivity contribution in [1.29, 1.82) is 0 Å². The molecule has 0 saturated heterocycles. The standard InChI is InChI=1S/C24H24ClF7N2O2/c1-13-8-16(10-18(25)20(13)26)17(24(30,31)32)5-4-15-6-7-22(3,14(2)9-15)21(36)33-11-19(35)34-12-23(27,28)29/h4-6,8-10,17H,7,11-12H2,1-3H3,(H,33,36)(H,34,35)/b5-4+. The van der Waals surface area contributed by atoms with Crippen molar-refractivity contribution in [2.75, 3.05) is 13.1 Å². The maximum absolute atomic E-state index is 13.8. The monoisotopic (exact) mass is 540 g/mol. The Kier molecular flexibility index (Phi) is 9.04. The van der Waals surface area contributed by atoms with E-state index in [0.29, 0.717) is 11.1 Å². The van der Waals surface area contributed by atoms with Gasteiger partial charge < -0.3 is 10.6 Å². The normalized spacial score (nSPS) is 19.5. The number of benzene rings is 1. The zero-order valence-electron chi connectivity index (χ0n) is 19.5. The first-order chi connectivity index (χ1) is 16.4. The quantitative estimate of drug-likeness (QED) is 0.413. The summed E-state index contributed by atoms with van der Waals surface area (Å²) in [6, 6.07) is 2.00. The largest absolute Gasteiger partial charge is 0.405 e. The van der Waals surface area contributed by atoms with E-state index in [1.54, 1.807) is 19.2 Å². The topological polar surface area (TPSA) is 58.2 Å². The Hall–Kier alpha value is -2.82. The fraction of sp³-hybridized carbons (Fsp3) is 0.417. The lowest BCUT2D eigenvalue weighted by Gasteiger charge is -2.31. The van der Waals surface area contributed by atoms with Gasteiger partial charge in [-0.05, 0) is 50.0 Å². The summed E-state index contributed by atoms with van der Waals surface area (Å²) in [5.74, 6) is -4.50. The number of nitrogens with one attached hydrogen (secondary N) is 2. The van der Waals surface area contributed by atoms with Crippen molar-refractivity contribution in [2.45, 2.75) is 45.5 Å². The predicted molar refractivity (Wildman–Crippen MR) is 121 cm³/mol. The summed E-state index contributed by atoms with van der Waals surface area (Å²) >= 11 is 5.72. The Morgan fingerprint density at radius 2 is 1.78 bits per heavy atom. The third-order valence-electron chi connectivity index (χ3n) is 5.82. The zero-order chi connectivity index (χ0) is 27.5. The summed E-state index contributed by atoms with van der Waals surface area (Å²) in [4.78, 5) is 24.2. The smallest absolute Gasteiger partial charge is 0.346 e. The lowest BCUT2D eigenvalue weighted by Crippen LogP contribution is -2.46. The van der Waals surface area contributed by atoms with Gasteiger partial charge in [0.2, 0.25) is 11.8 Å². The highest BCUT2D eigenvalue weighted by atomic mass is 35.5. The Morgan fingerprint density at radius 3 is 2.31 bits per heavy atom. The van der Waals surface area contributed by atoms with Crippen LogP contribution < -0.4 is 10.6 Å². The Labute approximate surface area is 208 Å². The van der Waals surface area contributed by atoms with Gasteiger partial charge in [-0.15, -0.1) is 0 Å². The number of carbonyl (C=O) groups excluding carboxylic acids is 2. The van der Waals surface area contributed by atoms with Crippen LogP contribution in [0.4, 0.5) is 30.7 Å². The van der Waals surface area contributed by atoms with E-state index in [9.17, 15) is 40.3 Å². The van der Waals surface area contributed by atoms with Crippen LogP contribution in [0.25, 0.3) is 0 Å². The van der Waals surface area contributed by atoms with Crippen LogP contribution in [0.1, 0.15) is 37.3 Å². The molecule has 4 nitrogen and oxygen atoms in total. The highest BCUT2D eigenvalue weighted by Crippen LogP contribution is 2.40. The van der Waals surface area contributed by atoms with E-state index in [0.717, 1.165) is 18.2 Å². The van der Waals surface area contributed by atoms with Gasteiger partial charge in [-0.1, -0.05) is 47.5 Å². The summed E-state index contributed by atoms with van der Waals surface area (Å²) in [7, 11) is 0. The minimum absolute atomic E-state index is 0.0263. The molecule has 2 atom stereocenters.